The second-order valence-electron chi connectivity index (χ2n) is 11.5. The maximum atomic E-state index is 14.1. The van der Waals surface area contributed by atoms with E-state index in [4.69, 9.17) is 9.97 Å². The van der Waals surface area contributed by atoms with Gasteiger partial charge in [-0.1, -0.05) is 72.8 Å². The lowest BCUT2D eigenvalue weighted by atomic mass is 10.1. The Kier molecular flexibility index (Phi) is 8.89. The van der Waals surface area contributed by atoms with E-state index in [1.807, 2.05) is 0 Å². The Balaban J connectivity index is 1.37. The van der Waals surface area contributed by atoms with E-state index in [0.717, 1.165) is 0 Å². The lowest BCUT2D eigenvalue weighted by Crippen LogP contribution is -2.26. The van der Waals surface area contributed by atoms with Crippen molar-refractivity contribution >= 4 is 42.6 Å². The van der Waals surface area contributed by atoms with Crippen molar-refractivity contribution in [2.24, 2.45) is 0 Å². The first-order chi connectivity index (χ1) is 24.8. The van der Waals surface area contributed by atoms with Gasteiger partial charge in [0.05, 0.1) is 34.9 Å². The summed E-state index contributed by atoms with van der Waals surface area (Å²) in [5.74, 6) is -0.218. The molecule has 0 atom stereocenters. The second-order valence-corrected chi connectivity index (χ2v) is 13.5. The molecule has 0 spiro atoms. The van der Waals surface area contributed by atoms with Crippen LogP contribution >= 0.6 is 0 Å². The van der Waals surface area contributed by atoms with E-state index in [1.165, 1.54) is 45.5 Å². The van der Waals surface area contributed by atoms with Gasteiger partial charge in [-0.3, -0.25) is 18.7 Å². The topological polar surface area (TPSA) is 203 Å². The third-order valence-electron chi connectivity index (χ3n) is 8.08. The summed E-state index contributed by atoms with van der Waals surface area (Å²) in [6, 6.07) is 31.7. The fourth-order valence-corrected chi connectivity index (χ4v) is 6.57. The predicted molar refractivity (Wildman–Crippen MR) is 188 cm³/mol. The van der Waals surface area contributed by atoms with Gasteiger partial charge in [-0.25, -0.2) is 26.8 Å². The minimum Gasteiger partial charge on any atom is -0.716 e. The van der Waals surface area contributed by atoms with Crippen LogP contribution < -0.4 is 19.5 Å². The van der Waals surface area contributed by atoms with E-state index >= 15 is 0 Å². The van der Waals surface area contributed by atoms with Crippen LogP contribution in [0.25, 0.3) is 44.6 Å². The van der Waals surface area contributed by atoms with Gasteiger partial charge in [-0.2, -0.15) is 0 Å². The third-order valence-corrected chi connectivity index (χ3v) is 8.87. The van der Waals surface area contributed by atoms with Gasteiger partial charge < -0.3 is 17.5 Å². The Hall–Kier alpha value is -6.20. The van der Waals surface area contributed by atoms with Crippen LogP contribution in [-0.2, 0) is 33.9 Å². The first-order valence-corrected chi connectivity index (χ1v) is 18.1. The Morgan fingerprint density at radius 2 is 0.904 bits per heavy atom. The standard InChI is InChI=1S/C36H26N4O10S2/c41-35-29-15-3-5-17-31(29)37-33(23-11-7-13-27(19-23)49-51(43,44)45)39(35)21-25-9-1-2-10-26(25)22-40-34(38-32-18-6-4-16-30(32)36(40)42)24-12-8-14-28(20-24)50-52(46,47)48/h1-20H,21-22H2,(H,43,44,45)(H,46,47,48)/p-2. The van der Waals surface area contributed by atoms with Crippen LogP contribution in [0.2, 0.25) is 0 Å². The minimum absolute atomic E-state index is 0.0527. The second kappa shape index (κ2) is 13.5. The molecular formula is C36H24N4O10S2-2. The predicted octanol–water partition coefficient (Wildman–Crippen LogP) is 4.22. The van der Waals surface area contributed by atoms with Crippen LogP contribution in [0.4, 0.5) is 0 Å². The highest BCUT2D eigenvalue weighted by atomic mass is 32.3. The molecule has 0 fully saturated rings. The van der Waals surface area contributed by atoms with Gasteiger partial charge in [-0.15, -0.1) is 0 Å². The molecule has 0 aliphatic rings. The number of para-hydroxylation sites is 2. The molecule has 16 heteroatoms. The Morgan fingerprint density at radius 3 is 1.31 bits per heavy atom. The number of aromatic nitrogens is 4. The Bertz CT molecular complexity index is 2680. The highest BCUT2D eigenvalue weighted by Crippen LogP contribution is 2.28. The van der Waals surface area contributed by atoms with Gasteiger partial charge in [0, 0.05) is 11.1 Å². The molecule has 0 unspecified atom stereocenters. The molecule has 0 saturated carbocycles. The fourth-order valence-electron chi connectivity index (χ4n) is 5.89. The average Bonchev–Trinajstić information content (AvgIpc) is 3.10. The molecule has 7 rings (SSSR count). The molecule has 0 amide bonds. The molecule has 0 radical (unpaired) electrons. The Morgan fingerprint density at radius 1 is 0.519 bits per heavy atom. The van der Waals surface area contributed by atoms with E-state index in [2.05, 4.69) is 8.37 Å². The first-order valence-electron chi connectivity index (χ1n) is 15.4. The fraction of sp³-hybridized carbons (Fsp3) is 0.0556. The maximum Gasteiger partial charge on any atom is 0.262 e. The summed E-state index contributed by atoms with van der Waals surface area (Å²) in [4.78, 5) is 37.6. The molecule has 0 bridgehead atoms. The molecule has 2 heterocycles. The van der Waals surface area contributed by atoms with Crippen LogP contribution in [0, 0.1) is 0 Å². The number of benzene rings is 5. The van der Waals surface area contributed by atoms with Crippen LogP contribution in [0.5, 0.6) is 11.5 Å². The molecule has 0 aliphatic carbocycles. The van der Waals surface area contributed by atoms with Crippen molar-refractivity contribution in [1.29, 1.82) is 0 Å². The smallest absolute Gasteiger partial charge is 0.262 e. The third kappa shape index (κ3) is 7.31. The van der Waals surface area contributed by atoms with Crippen molar-refractivity contribution in [3.8, 4) is 34.3 Å². The molecule has 2 aromatic heterocycles. The molecule has 262 valence electrons. The Labute approximate surface area is 295 Å². The SMILES string of the molecule is O=c1c2ccccc2nc(-c2cccc(OS(=O)(=O)[O-])c2)n1Cc1ccccc1Cn1c(-c2cccc(OS(=O)(=O)[O-])c2)nc2ccccc2c1=O. The largest absolute Gasteiger partial charge is 0.716 e. The van der Waals surface area contributed by atoms with Gasteiger partial charge in [0.1, 0.15) is 23.1 Å². The monoisotopic (exact) mass is 736 g/mol. The van der Waals surface area contributed by atoms with E-state index in [9.17, 15) is 35.5 Å². The van der Waals surface area contributed by atoms with Crippen molar-refractivity contribution < 1.29 is 34.3 Å². The van der Waals surface area contributed by atoms with Crippen LogP contribution in [0.15, 0.2) is 131 Å². The molecule has 7 aromatic rings. The zero-order valence-electron chi connectivity index (χ0n) is 26.6. The minimum atomic E-state index is -5.08. The zero-order valence-corrected chi connectivity index (χ0v) is 28.3. The summed E-state index contributed by atoms with van der Waals surface area (Å²) in [5, 5.41) is 0.635. The number of fused-ring (bicyclic) bond motifs is 2. The summed E-state index contributed by atoms with van der Waals surface area (Å²) in [5.41, 5.74) is 1.74. The van der Waals surface area contributed by atoms with E-state index in [0.29, 0.717) is 44.1 Å². The van der Waals surface area contributed by atoms with Crippen molar-refractivity contribution in [2.75, 3.05) is 0 Å². The lowest BCUT2D eigenvalue weighted by Gasteiger charge is -2.19. The van der Waals surface area contributed by atoms with E-state index in [-0.39, 0.29) is 36.2 Å². The average molecular weight is 737 g/mol. The maximum absolute atomic E-state index is 14.1. The van der Waals surface area contributed by atoms with E-state index in [1.54, 1.807) is 84.9 Å². The molecule has 5 aromatic carbocycles. The number of rotatable bonds is 10. The molecule has 0 N–H and O–H groups in total. The number of nitrogens with zero attached hydrogens (tertiary/aromatic N) is 4. The molecule has 0 saturated heterocycles. The molecule has 52 heavy (non-hydrogen) atoms. The van der Waals surface area contributed by atoms with Gasteiger partial charge in [-0.05, 0) is 59.7 Å². The van der Waals surface area contributed by atoms with Gasteiger partial charge in [0.25, 0.3) is 31.9 Å². The summed E-state index contributed by atoms with van der Waals surface area (Å²) < 4.78 is 79.9. The zero-order chi connectivity index (χ0) is 36.6. The van der Waals surface area contributed by atoms with Crippen molar-refractivity contribution in [3.05, 3.63) is 153 Å². The van der Waals surface area contributed by atoms with Crippen LogP contribution in [-0.4, -0.2) is 45.0 Å². The summed E-state index contributed by atoms with van der Waals surface area (Å²) in [7, 11) is -10.2. The summed E-state index contributed by atoms with van der Waals surface area (Å²) in [6.07, 6.45) is 0. The van der Waals surface area contributed by atoms with Crippen molar-refractivity contribution in [3.63, 3.8) is 0 Å². The quantitative estimate of drug-likeness (QED) is 0.143. The molecular weight excluding hydrogens is 713 g/mol. The van der Waals surface area contributed by atoms with Gasteiger partial charge >= 0.3 is 0 Å². The van der Waals surface area contributed by atoms with E-state index < -0.39 is 31.9 Å². The molecule has 0 aliphatic heterocycles. The van der Waals surface area contributed by atoms with Crippen LogP contribution in [0.1, 0.15) is 11.1 Å². The number of hydrogen-bond donors (Lipinski definition) is 0. The van der Waals surface area contributed by atoms with Crippen LogP contribution in [0.3, 0.4) is 0 Å². The van der Waals surface area contributed by atoms with Gasteiger partial charge in [0.15, 0.2) is 0 Å². The normalized spacial score (nSPS) is 11.9. The summed E-state index contributed by atoms with van der Waals surface area (Å²) in [6.45, 7) is -0.105. The number of hydrogen-bond acceptors (Lipinski definition) is 12. The lowest BCUT2D eigenvalue weighted by molar-refractivity contribution is 0.370. The molecule has 14 nitrogen and oxygen atoms in total. The van der Waals surface area contributed by atoms with Crippen molar-refractivity contribution in [1.82, 2.24) is 19.1 Å². The first kappa shape index (κ1) is 34.3. The van der Waals surface area contributed by atoms with Gasteiger partial charge in [0.2, 0.25) is 0 Å². The highest BCUT2D eigenvalue weighted by molar-refractivity contribution is 7.81. The summed E-state index contributed by atoms with van der Waals surface area (Å²) >= 11 is 0. The van der Waals surface area contributed by atoms with Crippen molar-refractivity contribution in [2.45, 2.75) is 13.1 Å². The highest BCUT2D eigenvalue weighted by Gasteiger charge is 2.19.